The van der Waals surface area contributed by atoms with Crippen molar-refractivity contribution in [2.24, 2.45) is 0 Å². The average molecular weight is 336 g/mol. The Balaban J connectivity index is 1.70. The van der Waals surface area contributed by atoms with Gasteiger partial charge in [-0.05, 0) is 38.2 Å². The van der Waals surface area contributed by atoms with Crippen molar-refractivity contribution >= 4 is 21.4 Å². The summed E-state index contributed by atoms with van der Waals surface area (Å²) in [4.78, 5) is 5.96. The number of sulfonamides is 1. The third-order valence-electron chi connectivity index (χ3n) is 3.79. The predicted octanol–water partition coefficient (Wildman–Crippen LogP) is 3.20. The van der Waals surface area contributed by atoms with Crippen molar-refractivity contribution in [3.05, 3.63) is 51.5 Å². The highest BCUT2D eigenvalue weighted by molar-refractivity contribution is 7.88. The molecule has 1 aliphatic rings. The van der Waals surface area contributed by atoms with E-state index in [9.17, 15) is 8.42 Å². The first kappa shape index (κ1) is 15.6. The number of nitrogens with one attached hydrogen (secondary N) is 1. The highest BCUT2D eigenvalue weighted by atomic mass is 32.2. The molecular weight excluding hydrogens is 316 g/mol. The van der Waals surface area contributed by atoms with Gasteiger partial charge in [-0.2, -0.15) is 0 Å². The van der Waals surface area contributed by atoms with Gasteiger partial charge in [0.05, 0.1) is 17.5 Å². The lowest BCUT2D eigenvalue weighted by Gasteiger charge is -2.12. The molecular formula is C16H20N2O2S2. The first-order valence-electron chi connectivity index (χ1n) is 7.56. The molecule has 0 aliphatic heterocycles. The molecule has 4 nitrogen and oxygen atoms in total. The summed E-state index contributed by atoms with van der Waals surface area (Å²) in [5, 5.41) is 0.878. The van der Waals surface area contributed by atoms with Crippen molar-refractivity contribution in [3.8, 4) is 0 Å². The average Bonchev–Trinajstić information content (AvgIpc) is 2.91. The van der Waals surface area contributed by atoms with Crippen LogP contribution in [0.1, 0.15) is 46.9 Å². The molecule has 22 heavy (non-hydrogen) atoms. The zero-order valence-corrected chi connectivity index (χ0v) is 14.2. The zero-order chi connectivity index (χ0) is 15.6. The molecule has 0 amide bonds. The largest absolute Gasteiger partial charge is 0.244 e. The number of thiazole rings is 1. The summed E-state index contributed by atoms with van der Waals surface area (Å²) >= 11 is 1.65. The lowest BCUT2D eigenvalue weighted by Crippen LogP contribution is -2.28. The molecule has 0 saturated carbocycles. The summed E-state index contributed by atoms with van der Waals surface area (Å²) in [6.45, 7) is 1.87. The summed E-state index contributed by atoms with van der Waals surface area (Å²) in [6.07, 6.45) is 4.50. The third-order valence-corrected chi connectivity index (χ3v) is 6.55. The molecule has 1 aliphatic carbocycles. The Hall–Kier alpha value is -1.24. The number of hydrogen-bond donors (Lipinski definition) is 1. The van der Waals surface area contributed by atoms with Crippen LogP contribution in [0, 0.1) is 0 Å². The quantitative estimate of drug-likeness (QED) is 0.912. The Morgan fingerprint density at radius 3 is 2.68 bits per heavy atom. The van der Waals surface area contributed by atoms with Gasteiger partial charge in [0.1, 0.15) is 5.01 Å². The van der Waals surface area contributed by atoms with E-state index < -0.39 is 10.0 Å². The number of rotatable bonds is 5. The molecule has 0 bridgehead atoms. The molecule has 2 aromatic rings. The molecule has 0 unspecified atom stereocenters. The van der Waals surface area contributed by atoms with Crippen molar-refractivity contribution in [2.45, 2.75) is 44.4 Å². The highest BCUT2D eigenvalue weighted by Gasteiger charge is 2.22. The van der Waals surface area contributed by atoms with E-state index in [0.29, 0.717) is 0 Å². The van der Waals surface area contributed by atoms with E-state index in [1.54, 1.807) is 11.3 Å². The summed E-state index contributed by atoms with van der Waals surface area (Å²) in [5.41, 5.74) is 1.96. The second kappa shape index (κ2) is 6.48. The van der Waals surface area contributed by atoms with Gasteiger partial charge in [0, 0.05) is 4.88 Å². The Morgan fingerprint density at radius 1 is 1.23 bits per heavy atom. The van der Waals surface area contributed by atoms with Gasteiger partial charge in [0.25, 0.3) is 0 Å². The van der Waals surface area contributed by atoms with E-state index in [1.807, 2.05) is 37.3 Å². The van der Waals surface area contributed by atoms with Crippen LogP contribution in [-0.2, 0) is 28.6 Å². The van der Waals surface area contributed by atoms with Crippen LogP contribution in [0.4, 0.5) is 0 Å². The van der Waals surface area contributed by atoms with Crippen LogP contribution in [0.5, 0.6) is 0 Å². The normalized spacial score (nSPS) is 16.2. The maximum Gasteiger partial charge on any atom is 0.216 e. The Kier molecular flexibility index (Phi) is 4.61. The highest BCUT2D eigenvalue weighted by Crippen LogP contribution is 2.30. The van der Waals surface area contributed by atoms with Crippen LogP contribution in [0.15, 0.2) is 30.3 Å². The van der Waals surface area contributed by atoms with E-state index in [2.05, 4.69) is 9.71 Å². The van der Waals surface area contributed by atoms with Gasteiger partial charge in [0.15, 0.2) is 0 Å². The molecule has 0 saturated heterocycles. The summed E-state index contributed by atoms with van der Waals surface area (Å²) in [7, 11) is -3.37. The van der Waals surface area contributed by atoms with Gasteiger partial charge in [-0.1, -0.05) is 30.3 Å². The summed E-state index contributed by atoms with van der Waals surface area (Å²) < 4.78 is 27.3. The minimum atomic E-state index is -3.37. The number of benzene rings is 1. The van der Waals surface area contributed by atoms with Gasteiger partial charge in [-0.25, -0.2) is 18.1 Å². The van der Waals surface area contributed by atoms with Crippen molar-refractivity contribution < 1.29 is 8.42 Å². The van der Waals surface area contributed by atoms with E-state index in [-0.39, 0.29) is 11.8 Å². The fourth-order valence-electron chi connectivity index (χ4n) is 2.71. The standard InChI is InChI=1S/C16H20N2O2S2/c1-12(16-17-14-9-5-6-10-15(14)21-16)18-22(19,20)11-13-7-3-2-4-8-13/h2-4,7-8,12,18H,5-6,9-11H2,1H3/t12-/m0/s1. The van der Waals surface area contributed by atoms with Crippen LogP contribution in [0.3, 0.4) is 0 Å². The Labute approximate surface area is 135 Å². The van der Waals surface area contributed by atoms with Crippen molar-refractivity contribution in [1.29, 1.82) is 0 Å². The molecule has 0 fully saturated rings. The monoisotopic (exact) mass is 336 g/mol. The van der Waals surface area contributed by atoms with Crippen molar-refractivity contribution in [3.63, 3.8) is 0 Å². The third kappa shape index (κ3) is 3.74. The SMILES string of the molecule is C[C@H](NS(=O)(=O)Cc1ccccc1)c1nc2c(s1)CCCC2. The molecule has 1 aromatic carbocycles. The number of aryl methyl sites for hydroxylation is 2. The van der Waals surface area contributed by atoms with Crippen LogP contribution < -0.4 is 4.72 Å². The van der Waals surface area contributed by atoms with Gasteiger partial charge in [0.2, 0.25) is 10.0 Å². The molecule has 0 spiro atoms. The molecule has 0 radical (unpaired) electrons. The molecule has 6 heteroatoms. The number of hydrogen-bond acceptors (Lipinski definition) is 4. The van der Waals surface area contributed by atoms with E-state index in [4.69, 9.17) is 0 Å². The number of nitrogens with zero attached hydrogens (tertiary/aromatic N) is 1. The number of fused-ring (bicyclic) bond motifs is 1. The van der Waals surface area contributed by atoms with E-state index >= 15 is 0 Å². The maximum atomic E-state index is 12.3. The summed E-state index contributed by atoms with van der Waals surface area (Å²) in [6, 6.07) is 8.96. The van der Waals surface area contributed by atoms with Gasteiger partial charge in [-0.15, -0.1) is 11.3 Å². The minimum Gasteiger partial charge on any atom is -0.244 e. The molecule has 1 heterocycles. The first-order chi connectivity index (χ1) is 10.5. The minimum absolute atomic E-state index is 0.00324. The fourth-order valence-corrected chi connectivity index (χ4v) is 5.31. The summed E-state index contributed by atoms with van der Waals surface area (Å²) in [5.74, 6) is 0.00324. The fraction of sp³-hybridized carbons (Fsp3) is 0.438. The molecule has 1 N–H and O–H groups in total. The number of aromatic nitrogens is 1. The Morgan fingerprint density at radius 2 is 1.95 bits per heavy atom. The molecule has 3 rings (SSSR count). The molecule has 1 atom stereocenters. The predicted molar refractivity (Wildman–Crippen MR) is 89.4 cm³/mol. The van der Waals surface area contributed by atoms with Crippen molar-refractivity contribution in [2.75, 3.05) is 0 Å². The van der Waals surface area contributed by atoms with Crippen LogP contribution in [0.2, 0.25) is 0 Å². The molecule has 118 valence electrons. The Bertz CT molecular complexity index is 715. The zero-order valence-electron chi connectivity index (χ0n) is 12.6. The lowest BCUT2D eigenvalue weighted by molar-refractivity contribution is 0.565. The maximum absolute atomic E-state index is 12.3. The van der Waals surface area contributed by atoms with E-state index in [1.165, 1.54) is 23.4 Å². The van der Waals surface area contributed by atoms with Gasteiger partial charge < -0.3 is 0 Å². The van der Waals surface area contributed by atoms with Crippen molar-refractivity contribution in [1.82, 2.24) is 9.71 Å². The van der Waals surface area contributed by atoms with Gasteiger partial charge >= 0.3 is 0 Å². The molecule has 1 aromatic heterocycles. The second-order valence-electron chi connectivity index (χ2n) is 5.71. The van der Waals surface area contributed by atoms with Gasteiger partial charge in [-0.3, -0.25) is 0 Å². The first-order valence-corrected chi connectivity index (χ1v) is 10.0. The topological polar surface area (TPSA) is 59.1 Å². The second-order valence-corrected chi connectivity index (χ2v) is 8.58. The lowest BCUT2D eigenvalue weighted by atomic mass is 10.0. The van der Waals surface area contributed by atoms with Crippen LogP contribution in [0.25, 0.3) is 0 Å². The van der Waals surface area contributed by atoms with Crippen LogP contribution in [-0.4, -0.2) is 13.4 Å². The van der Waals surface area contributed by atoms with E-state index in [0.717, 1.165) is 23.4 Å². The van der Waals surface area contributed by atoms with Crippen LogP contribution >= 0.6 is 11.3 Å². The smallest absolute Gasteiger partial charge is 0.216 e.